The average molecular weight is 259 g/mol. The summed E-state index contributed by atoms with van der Waals surface area (Å²) in [5.74, 6) is 0. The first-order chi connectivity index (χ1) is 6.62. The van der Waals surface area contributed by atoms with E-state index in [1.165, 1.54) is 0 Å². The van der Waals surface area contributed by atoms with Crippen molar-refractivity contribution in [3.05, 3.63) is 0 Å². The van der Waals surface area contributed by atoms with E-state index in [9.17, 15) is 13.2 Å². The van der Waals surface area contributed by atoms with Gasteiger partial charge in [0.1, 0.15) is 0 Å². The number of amides is 1. The lowest BCUT2D eigenvalue weighted by Gasteiger charge is -2.24. The van der Waals surface area contributed by atoms with E-state index in [-0.39, 0.29) is 6.54 Å². The summed E-state index contributed by atoms with van der Waals surface area (Å²) in [4.78, 5) is 10.4. The van der Waals surface area contributed by atoms with Crippen LogP contribution in [0.2, 0.25) is 0 Å². The lowest BCUT2D eigenvalue weighted by molar-refractivity contribution is 0.180. The fourth-order valence-corrected chi connectivity index (χ4v) is 1.70. The standard InChI is InChI=1S/C7H15ClN2O4S/c1-7(2,10-6(11)12)4-3-5-9-15(8,13)14/h9-10H,3-5H2,1-2H3,(H,11,12). The zero-order valence-electron chi connectivity index (χ0n) is 8.58. The molecule has 0 rings (SSSR count). The van der Waals surface area contributed by atoms with Crippen LogP contribution in [-0.4, -0.2) is 31.7 Å². The van der Waals surface area contributed by atoms with Crippen LogP contribution in [0.5, 0.6) is 0 Å². The molecular weight excluding hydrogens is 244 g/mol. The van der Waals surface area contributed by atoms with E-state index in [0.717, 1.165) is 0 Å². The molecule has 8 heteroatoms. The van der Waals surface area contributed by atoms with Crippen molar-refractivity contribution >= 4 is 26.0 Å². The van der Waals surface area contributed by atoms with Crippen molar-refractivity contribution in [1.29, 1.82) is 0 Å². The Morgan fingerprint density at radius 2 is 2.00 bits per heavy atom. The Bertz CT molecular complexity index is 315. The predicted molar refractivity (Wildman–Crippen MR) is 57.2 cm³/mol. The Balaban J connectivity index is 3.80. The number of carbonyl (C=O) groups is 1. The number of carboxylic acid groups (broad SMARTS) is 1. The van der Waals surface area contributed by atoms with Gasteiger partial charge in [-0.25, -0.2) is 9.52 Å². The molecule has 0 aromatic carbocycles. The van der Waals surface area contributed by atoms with Crippen molar-refractivity contribution in [1.82, 2.24) is 10.0 Å². The molecule has 0 aliphatic rings. The molecule has 0 radical (unpaired) electrons. The predicted octanol–water partition coefficient (Wildman–Crippen LogP) is 0.886. The smallest absolute Gasteiger partial charge is 0.405 e. The summed E-state index contributed by atoms with van der Waals surface area (Å²) in [7, 11) is 1.24. The number of halogens is 1. The lowest BCUT2D eigenvalue weighted by Crippen LogP contribution is -2.43. The molecule has 0 atom stereocenters. The van der Waals surface area contributed by atoms with E-state index in [0.29, 0.717) is 12.8 Å². The van der Waals surface area contributed by atoms with E-state index in [2.05, 4.69) is 10.0 Å². The molecule has 90 valence electrons. The fourth-order valence-electron chi connectivity index (χ4n) is 1.08. The number of hydrogen-bond donors (Lipinski definition) is 3. The summed E-state index contributed by atoms with van der Waals surface area (Å²) < 4.78 is 23.1. The number of nitrogens with one attached hydrogen (secondary N) is 2. The molecule has 0 aliphatic heterocycles. The Hall–Kier alpha value is -0.530. The highest BCUT2D eigenvalue weighted by Gasteiger charge is 2.19. The Labute approximate surface area is 93.6 Å². The molecule has 0 bridgehead atoms. The summed E-state index contributed by atoms with van der Waals surface area (Å²) in [6.07, 6.45) is -0.0873. The highest BCUT2D eigenvalue weighted by Crippen LogP contribution is 2.10. The van der Waals surface area contributed by atoms with Crippen LogP contribution in [0.25, 0.3) is 0 Å². The molecule has 15 heavy (non-hydrogen) atoms. The van der Waals surface area contributed by atoms with Crippen LogP contribution in [0.1, 0.15) is 26.7 Å². The molecule has 0 fully saturated rings. The molecule has 3 N–H and O–H groups in total. The molecule has 0 aliphatic carbocycles. The number of hydrogen-bond acceptors (Lipinski definition) is 3. The molecule has 0 spiro atoms. The van der Waals surface area contributed by atoms with Crippen molar-refractivity contribution in [2.75, 3.05) is 6.54 Å². The van der Waals surface area contributed by atoms with Crippen LogP contribution in [-0.2, 0) is 9.24 Å². The van der Waals surface area contributed by atoms with Gasteiger partial charge in [0.25, 0.3) is 9.24 Å². The molecule has 0 unspecified atom stereocenters. The molecule has 0 aromatic heterocycles. The average Bonchev–Trinajstić information content (AvgIpc) is 1.93. The first kappa shape index (κ1) is 14.5. The van der Waals surface area contributed by atoms with Crippen LogP contribution in [0.4, 0.5) is 4.79 Å². The second-order valence-corrected chi connectivity index (χ2v) is 6.13. The summed E-state index contributed by atoms with van der Waals surface area (Å²) in [6, 6.07) is 0. The third kappa shape index (κ3) is 9.77. The Morgan fingerprint density at radius 1 is 1.47 bits per heavy atom. The molecule has 0 saturated carbocycles. The van der Waals surface area contributed by atoms with E-state index in [4.69, 9.17) is 15.8 Å². The van der Waals surface area contributed by atoms with Gasteiger partial charge in [-0.05, 0) is 26.7 Å². The van der Waals surface area contributed by atoms with Gasteiger partial charge in [0.15, 0.2) is 0 Å². The zero-order chi connectivity index (χ0) is 12.1. The molecule has 0 aromatic rings. The van der Waals surface area contributed by atoms with E-state index in [1.807, 2.05) is 0 Å². The minimum absolute atomic E-state index is 0.191. The molecule has 0 saturated heterocycles. The van der Waals surface area contributed by atoms with Gasteiger partial charge in [-0.3, -0.25) is 0 Å². The van der Waals surface area contributed by atoms with Crippen molar-refractivity contribution in [2.45, 2.75) is 32.2 Å². The van der Waals surface area contributed by atoms with Crippen molar-refractivity contribution in [3.8, 4) is 0 Å². The van der Waals surface area contributed by atoms with Gasteiger partial charge in [0, 0.05) is 22.8 Å². The monoisotopic (exact) mass is 258 g/mol. The second-order valence-electron chi connectivity index (χ2n) is 3.75. The molecule has 0 heterocycles. The van der Waals surface area contributed by atoms with Gasteiger partial charge >= 0.3 is 6.09 Å². The minimum atomic E-state index is -3.68. The van der Waals surface area contributed by atoms with Crippen molar-refractivity contribution in [2.24, 2.45) is 0 Å². The number of rotatable bonds is 6. The molecular formula is C7H15ClN2O4S. The van der Waals surface area contributed by atoms with E-state index in [1.54, 1.807) is 13.8 Å². The maximum Gasteiger partial charge on any atom is 0.405 e. The van der Waals surface area contributed by atoms with Crippen LogP contribution in [0.3, 0.4) is 0 Å². The Kier molecular flexibility index (Phi) is 5.33. The normalized spacial score (nSPS) is 12.5. The van der Waals surface area contributed by atoms with Gasteiger partial charge in [0.05, 0.1) is 0 Å². The first-order valence-electron chi connectivity index (χ1n) is 4.33. The molecule has 6 nitrogen and oxygen atoms in total. The van der Waals surface area contributed by atoms with Crippen LogP contribution in [0, 0.1) is 0 Å². The lowest BCUT2D eigenvalue weighted by atomic mass is 9.99. The van der Waals surface area contributed by atoms with Crippen molar-refractivity contribution < 1.29 is 18.3 Å². The van der Waals surface area contributed by atoms with Gasteiger partial charge in [-0.2, -0.15) is 8.42 Å². The maximum atomic E-state index is 10.5. The van der Waals surface area contributed by atoms with Gasteiger partial charge < -0.3 is 10.4 Å². The summed E-state index contributed by atoms with van der Waals surface area (Å²) in [6.45, 7) is 3.63. The van der Waals surface area contributed by atoms with Crippen LogP contribution >= 0.6 is 10.7 Å². The Morgan fingerprint density at radius 3 is 2.40 bits per heavy atom. The van der Waals surface area contributed by atoms with Gasteiger partial charge in [-0.15, -0.1) is 0 Å². The summed E-state index contributed by atoms with van der Waals surface area (Å²) >= 11 is 0. The SMILES string of the molecule is CC(C)(CCCNS(=O)(=O)Cl)NC(=O)O. The van der Waals surface area contributed by atoms with Gasteiger partial charge in [-0.1, -0.05) is 0 Å². The largest absolute Gasteiger partial charge is 0.465 e. The topological polar surface area (TPSA) is 95.5 Å². The fraction of sp³-hybridized carbons (Fsp3) is 0.857. The molecule has 1 amide bonds. The maximum absolute atomic E-state index is 10.5. The van der Waals surface area contributed by atoms with Crippen LogP contribution < -0.4 is 10.0 Å². The second kappa shape index (κ2) is 5.53. The zero-order valence-corrected chi connectivity index (χ0v) is 10.2. The highest BCUT2D eigenvalue weighted by molar-refractivity contribution is 8.12. The van der Waals surface area contributed by atoms with E-state index >= 15 is 0 Å². The van der Waals surface area contributed by atoms with E-state index < -0.39 is 20.9 Å². The highest BCUT2D eigenvalue weighted by atomic mass is 35.7. The van der Waals surface area contributed by atoms with Gasteiger partial charge in [0.2, 0.25) is 0 Å². The first-order valence-corrected chi connectivity index (χ1v) is 6.64. The summed E-state index contributed by atoms with van der Waals surface area (Å²) in [5, 5.41) is 10.8. The third-order valence-corrected chi connectivity index (χ3v) is 2.57. The third-order valence-electron chi connectivity index (χ3n) is 1.70. The van der Waals surface area contributed by atoms with Crippen LogP contribution in [0.15, 0.2) is 0 Å². The van der Waals surface area contributed by atoms with Crippen molar-refractivity contribution in [3.63, 3.8) is 0 Å². The quantitative estimate of drug-likeness (QED) is 0.487. The summed E-state index contributed by atoms with van der Waals surface area (Å²) in [5.41, 5.74) is -0.580. The minimum Gasteiger partial charge on any atom is -0.465 e.